The fraction of sp³-hybridized carbons (Fsp3) is 0.381. The van der Waals surface area contributed by atoms with E-state index in [9.17, 15) is 0 Å². The van der Waals surface area contributed by atoms with Crippen molar-refractivity contribution in [1.29, 1.82) is 0 Å². The summed E-state index contributed by atoms with van der Waals surface area (Å²) in [5.41, 5.74) is 5.76. The molecule has 134 valence electrons. The lowest BCUT2D eigenvalue weighted by atomic mass is 9.97. The van der Waals surface area contributed by atoms with E-state index >= 15 is 0 Å². The van der Waals surface area contributed by atoms with Gasteiger partial charge in [0.1, 0.15) is 5.52 Å². The summed E-state index contributed by atoms with van der Waals surface area (Å²) >= 11 is 0. The largest absolute Gasteiger partial charge is 0.272 e. The molecule has 2 heterocycles. The zero-order chi connectivity index (χ0) is 18.3. The standard InChI is InChI=1S/C21H25N5/c1-14(2)16-5-6-18-13-26(23-19(18)11-16)10-9-15(3)17-7-8-21-20(12-17)22-24-25(21)4/h5-8,11-15H,9-10H2,1-4H3. The monoisotopic (exact) mass is 347 g/mol. The van der Waals surface area contributed by atoms with E-state index < -0.39 is 0 Å². The molecule has 0 amide bonds. The SMILES string of the molecule is CC(C)c1ccc2cn(CCC(C)c3ccc4c(c3)nnn4C)nc2c1. The molecule has 2 aromatic carbocycles. The van der Waals surface area contributed by atoms with Gasteiger partial charge in [0.05, 0.1) is 11.0 Å². The summed E-state index contributed by atoms with van der Waals surface area (Å²) in [5.74, 6) is 0.973. The zero-order valence-corrected chi connectivity index (χ0v) is 15.8. The summed E-state index contributed by atoms with van der Waals surface area (Å²) in [6.45, 7) is 7.60. The lowest BCUT2D eigenvalue weighted by Crippen LogP contribution is -2.03. The number of benzene rings is 2. The minimum Gasteiger partial charge on any atom is -0.272 e. The van der Waals surface area contributed by atoms with Crippen molar-refractivity contribution in [2.24, 2.45) is 7.05 Å². The van der Waals surface area contributed by atoms with Crippen molar-refractivity contribution >= 4 is 21.9 Å². The minimum atomic E-state index is 0.444. The van der Waals surface area contributed by atoms with Crippen LogP contribution in [0.15, 0.2) is 42.6 Å². The molecule has 0 saturated carbocycles. The van der Waals surface area contributed by atoms with E-state index in [0.29, 0.717) is 11.8 Å². The maximum absolute atomic E-state index is 4.77. The first kappa shape index (κ1) is 16.8. The molecule has 4 aromatic rings. The first-order valence-electron chi connectivity index (χ1n) is 9.27. The van der Waals surface area contributed by atoms with Crippen LogP contribution < -0.4 is 0 Å². The van der Waals surface area contributed by atoms with Crippen LogP contribution >= 0.6 is 0 Å². The van der Waals surface area contributed by atoms with E-state index in [2.05, 4.69) is 78.4 Å². The molecule has 0 bridgehead atoms. The topological polar surface area (TPSA) is 48.5 Å². The van der Waals surface area contributed by atoms with E-state index in [-0.39, 0.29) is 0 Å². The highest BCUT2D eigenvalue weighted by atomic mass is 15.4. The highest BCUT2D eigenvalue weighted by molar-refractivity contribution is 5.79. The van der Waals surface area contributed by atoms with Gasteiger partial charge >= 0.3 is 0 Å². The first-order valence-corrected chi connectivity index (χ1v) is 9.27. The predicted octanol–water partition coefficient (Wildman–Crippen LogP) is 4.64. The van der Waals surface area contributed by atoms with Crippen LogP contribution in [0.5, 0.6) is 0 Å². The van der Waals surface area contributed by atoms with E-state index in [1.54, 1.807) is 0 Å². The van der Waals surface area contributed by atoms with E-state index in [4.69, 9.17) is 5.10 Å². The van der Waals surface area contributed by atoms with E-state index in [0.717, 1.165) is 29.5 Å². The third-order valence-electron chi connectivity index (χ3n) is 5.24. The van der Waals surface area contributed by atoms with Gasteiger partial charge in [-0.1, -0.05) is 44.2 Å². The number of aromatic nitrogens is 5. The molecule has 0 saturated heterocycles. The molecule has 1 atom stereocenters. The van der Waals surface area contributed by atoms with Crippen molar-refractivity contribution in [3.05, 3.63) is 53.7 Å². The summed E-state index contributed by atoms with van der Waals surface area (Å²) < 4.78 is 3.89. The Balaban J connectivity index is 1.49. The predicted molar refractivity (Wildman–Crippen MR) is 105 cm³/mol. The molecule has 26 heavy (non-hydrogen) atoms. The number of rotatable bonds is 5. The Morgan fingerprint density at radius 2 is 1.73 bits per heavy atom. The molecular formula is C21H25N5. The van der Waals surface area contributed by atoms with Gasteiger partial charge in [-0.2, -0.15) is 5.10 Å². The summed E-state index contributed by atoms with van der Waals surface area (Å²) in [7, 11) is 1.92. The molecule has 0 aliphatic carbocycles. The Labute approximate surface area is 153 Å². The molecule has 0 aliphatic rings. The van der Waals surface area contributed by atoms with Crippen LogP contribution in [0, 0.1) is 0 Å². The second kappa shape index (κ2) is 6.56. The minimum absolute atomic E-state index is 0.444. The van der Waals surface area contributed by atoms with Crippen LogP contribution in [0.3, 0.4) is 0 Å². The van der Waals surface area contributed by atoms with E-state index in [1.165, 1.54) is 16.5 Å². The summed E-state index contributed by atoms with van der Waals surface area (Å²) in [4.78, 5) is 0. The summed E-state index contributed by atoms with van der Waals surface area (Å²) in [6, 6.07) is 13.0. The summed E-state index contributed by atoms with van der Waals surface area (Å²) in [5, 5.41) is 14.3. The van der Waals surface area contributed by atoms with Gasteiger partial charge < -0.3 is 0 Å². The molecule has 0 N–H and O–H groups in total. The molecule has 0 fully saturated rings. The van der Waals surface area contributed by atoms with Gasteiger partial charge in [0.15, 0.2) is 0 Å². The average Bonchev–Trinajstić information content (AvgIpc) is 3.21. The normalized spacial score (nSPS) is 13.1. The molecule has 1 unspecified atom stereocenters. The number of aryl methyl sites for hydroxylation is 2. The van der Waals surface area contributed by atoms with Gasteiger partial charge in [-0.3, -0.25) is 4.68 Å². The Bertz CT molecular complexity index is 1060. The first-order chi connectivity index (χ1) is 12.5. The van der Waals surface area contributed by atoms with Gasteiger partial charge in [0.25, 0.3) is 0 Å². The van der Waals surface area contributed by atoms with Crippen molar-refractivity contribution in [2.75, 3.05) is 0 Å². The zero-order valence-electron chi connectivity index (χ0n) is 15.8. The molecule has 2 aromatic heterocycles. The Morgan fingerprint density at radius 1 is 0.962 bits per heavy atom. The van der Waals surface area contributed by atoms with Gasteiger partial charge in [0.2, 0.25) is 0 Å². The second-order valence-electron chi connectivity index (χ2n) is 7.52. The maximum atomic E-state index is 4.77. The number of hydrogen-bond acceptors (Lipinski definition) is 3. The molecule has 5 nitrogen and oxygen atoms in total. The third-order valence-corrected chi connectivity index (χ3v) is 5.24. The fourth-order valence-corrected chi connectivity index (χ4v) is 3.41. The van der Waals surface area contributed by atoms with Gasteiger partial charge in [0, 0.05) is 25.2 Å². The van der Waals surface area contributed by atoms with Crippen molar-refractivity contribution in [3.63, 3.8) is 0 Å². The molecule has 0 spiro atoms. The number of hydrogen-bond donors (Lipinski definition) is 0. The van der Waals surface area contributed by atoms with Crippen LogP contribution in [0.25, 0.3) is 21.9 Å². The van der Waals surface area contributed by atoms with Crippen molar-refractivity contribution in [1.82, 2.24) is 24.8 Å². The Kier molecular flexibility index (Phi) is 4.23. The van der Waals surface area contributed by atoms with Gasteiger partial charge in [-0.15, -0.1) is 5.10 Å². The van der Waals surface area contributed by atoms with Crippen LogP contribution in [0.1, 0.15) is 50.2 Å². The number of nitrogens with zero attached hydrogens (tertiary/aromatic N) is 5. The lowest BCUT2D eigenvalue weighted by Gasteiger charge is -2.11. The Morgan fingerprint density at radius 3 is 2.54 bits per heavy atom. The third kappa shape index (κ3) is 3.09. The maximum Gasteiger partial charge on any atom is 0.113 e. The second-order valence-corrected chi connectivity index (χ2v) is 7.52. The summed E-state index contributed by atoms with van der Waals surface area (Å²) in [6.07, 6.45) is 3.19. The molecule has 0 aliphatic heterocycles. The smallest absolute Gasteiger partial charge is 0.113 e. The molecule has 0 radical (unpaired) electrons. The van der Waals surface area contributed by atoms with Crippen LogP contribution in [0.2, 0.25) is 0 Å². The lowest BCUT2D eigenvalue weighted by molar-refractivity contribution is 0.537. The number of fused-ring (bicyclic) bond motifs is 2. The quantitative estimate of drug-likeness (QED) is 0.528. The van der Waals surface area contributed by atoms with Crippen LogP contribution in [0.4, 0.5) is 0 Å². The average molecular weight is 347 g/mol. The molecule has 4 rings (SSSR count). The van der Waals surface area contributed by atoms with E-state index in [1.807, 2.05) is 11.7 Å². The molecule has 5 heteroatoms. The van der Waals surface area contributed by atoms with Gasteiger partial charge in [-0.25, -0.2) is 4.68 Å². The highest BCUT2D eigenvalue weighted by Gasteiger charge is 2.10. The van der Waals surface area contributed by atoms with Crippen molar-refractivity contribution < 1.29 is 0 Å². The molecular weight excluding hydrogens is 322 g/mol. The Hall–Kier alpha value is -2.69. The van der Waals surface area contributed by atoms with Gasteiger partial charge in [-0.05, 0) is 47.6 Å². The van der Waals surface area contributed by atoms with Crippen molar-refractivity contribution in [2.45, 2.75) is 45.6 Å². The fourth-order valence-electron chi connectivity index (χ4n) is 3.41. The van der Waals surface area contributed by atoms with Crippen molar-refractivity contribution in [3.8, 4) is 0 Å². The highest BCUT2D eigenvalue weighted by Crippen LogP contribution is 2.24. The van der Waals surface area contributed by atoms with Crippen LogP contribution in [-0.2, 0) is 13.6 Å². The van der Waals surface area contributed by atoms with Crippen LogP contribution in [-0.4, -0.2) is 24.8 Å².